The predicted octanol–water partition coefficient (Wildman–Crippen LogP) is 2.90. The van der Waals surface area contributed by atoms with Gasteiger partial charge < -0.3 is 10.4 Å². The summed E-state index contributed by atoms with van der Waals surface area (Å²) in [5.41, 5.74) is 0. The number of hydrogen-bond donors (Lipinski definition) is 2. The first-order chi connectivity index (χ1) is 8.00. The second-order valence-electron chi connectivity index (χ2n) is 5.94. The summed E-state index contributed by atoms with van der Waals surface area (Å²) in [7, 11) is 0. The van der Waals surface area contributed by atoms with E-state index >= 15 is 0 Å². The van der Waals surface area contributed by atoms with Gasteiger partial charge in [-0.1, -0.05) is 40.0 Å². The van der Waals surface area contributed by atoms with Gasteiger partial charge in [-0.3, -0.25) is 4.79 Å². The number of hydrogen-bond acceptors (Lipinski definition) is 2. The van der Waals surface area contributed by atoms with E-state index in [1.54, 1.807) is 0 Å². The van der Waals surface area contributed by atoms with E-state index in [9.17, 15) is 4.79 Å². The Morgan fingerprint density at radius 2 is 2.12 bits per heavy atom. The van der Waals surface area contributed by atoms with Crippen LogP contribution in [0.15, 0.2) is 0 Å². The minimum atomic E-state index is -0.725. The summed E-state index contributed by atoms with van der Waals surface area (Å²) in [6, 6.07) is -0.393. The molecule has 0 aromatic rings. The fourth-order valence-corrected chi connectivity index (χ4v) is 2.87. The number of carboxylic acid groups (broad SMARTS) is 1. The second-order valence-corrected chi connectivity index (χ2v) is 5.94. The summed E-state index contributed by atoms with van der Waals surface area (Å²) in [6.45, 7) is 7.07. The van der Waals surface area contributed by atoms with Crippen LogP contribution >= 0.6 is 0 Å². The van der Waals surface area contributed by atoms with E-state index in [2.05, 4.69) is 12.2 Å². The van der Waals surface area contributed by atoms with Crippen LogP contribution < -0.4 is 5.32 Å². The molecule has 0 aliphatic heterocycles. The monoisotopic (exact) mass is 241 g/mol. The zero-order valence-electron chi connectivity index (χ0n) is 11.4. The molecule has 0 heterocycles. The Morgan fingerprint density at radius 3 is 2.65 bits per heavy atom. The molecule has 2 N–H and O–H groups in total. The van der Waals surface area contributed by atoms with E-state index in [1.165, 1.54) is 25.7 Å². The summed E-state index contributed by atoms with van der Waals surface area (Å²) in [5.74, 6) is 1.08. The van der Waals surface area contributed by atoms with Gasteiger partial charge in [0.1, 0.15) is 6.04 Å². The molecule has 0 aromatic heterocycles. The molecule has 1 aliphatic carbocycles. The molecule has 17 heavy (non-hydrogen) atoms. The van der Waals surface area contributed by atoms with E-state index in [1.807, 2.05) is 13.8 Å². The lowest BCUT2D eigenvalue weighted by atomic mass is 9.81. The Bertz CT molecular complexity index is 240. The van der Waals surface area contributed by atoms with Gasteiger partial charge in [0.15, 0.2) is 0 Å². The van der Waals surface area contributed by atoms with Crippen molar-refractivity contribution in [2.45, 2.75) is 58.9 Å². The van der Waals surface area contributed by atoms with Gasteiger partial charge in [0.05, 0.1) is 0 Å². The minimum Gasteiger partial charge on any atom is -0.480 e. The molecule has 3 heteroatoms. The molecule has 0 saturated heterocycles. The fraction of sp³-hybridized carbons (Fsp3) is 0.929. The van der Waals surface area contributed by atoms with Crippen LogP contribution in [0.1, 0.15) is 52.9 Å². The van der Waals surface area contributed by atoms with Crippen LogP contribution in [0.2, 0.25) is 0 Å². The van der Waals surface area contributed by atoms with Gasteiger partial charge >= 0.3 is 5.97 Å². The smallest absolute Gasteiger partial charge is 0.320 e. The van der Waals surface area contributed by atoms with Crippen LogP contribution in [0.4, 0.5) is 0 Å². The van der Waals surface area contributed by atoms with Crippen molar-refractivity contribution in [2.24, 2.45) is 17.8 Å². The first-order valence-electron chi connectivity index (χ1n) is 6.97. The van der Waals surface area contributed by atoms with Gasteiger partial charge in [-0.15, -0.1) is 0 Å². The quantitative estimate of drug-likeness (QED) is 0.751. The summed E-state index contributed by atoms with van der Waals surface area (Å²) < 4.78 is 0. The first kappa shape index (κ1) is 14.5. The molecule has 1 rings (SSSR count). The van der Waals surface area contributed by atoms with Crippen LogP contribution in [0.5, 0.6) is 0 Å². The highest BCUT2D eigenvalue weighted by Gasteiger charge is 2.22. The van der Waals surface area contributed by atoms with Crippen molar-refractivity contribution in [1.82, 2.24) is 5.32 Å². The molecule has 1 saturated carbocycles. The molecular weight excluding hydrogens is 214 g/mol. The number of carbonyl (C=O) groups is 1. The average molecular weight is 241 g/mol. The van der Waals surface area contributed by atoms with Crippen LogP contribution in [0, 0.1) is 17.8 Å². The molecule has 0 spiro atoms. The maximum atomic E-state index is 11.0. The summed E-state index contributed by atoms with van der Waals surface area (Å²) in [6.07, 6.45) is 6.49. The molecule has 0 bridgehead atoms. The molecule has 0 aromatic carbocycles. The SMILES string of the molecule is CC1CCCC(CCNC(C(=O)O)C(C)C)C1. The second kappa shape index (κ2) is 7.00. The highest BCUT2D eigenvalue weighted by Crippen LogP contribution is 2.30. The number of aliphatic carboxylic acids is 1. The zero-order valence-corrected chi connectivity index (χ0v) is 11.4. The van der Waals surface area contributed by atoms with Gasteiger partial charge in [0.2, 0.25) is 0 Å². The lowest BCUT2D eigenvalue weighted by Gasteiger charge is -2.27. The highest BCUT2D eigenvalue weighted by atomic mass is 16.4. The third-order valence-electron chi connectivity index (χ3n) is 3.89. The standard InChI is InChI=1S/C14H27NO2/c1-10(2)13(14(16)17)15-8-7-12-6-4-5-11(3)9-12/h10-13,15H,4-9H2,1-3H3,(H,16,17). The van der Waals surface area contributed by atoms with Crippen molar-refractivity contribution in [3.8, 4) is 0 Å². The molecule has 3 nitrogen and oxygen atoms in total. The molecule has 3 atom stereocenters. The lowest BCUT2D eigenvalue weighted by Crippen LogP contribution is -2.41. The average Bonchev–Trinajstić information content (AvgIpc) is 2.23. The summed E-state index contributed by atoms with van der Waals surface area (Å²) >= 11 is 0. The van der Waals surface area contributed by atoms with Crippen LogP contribution in [0.3, 0.4) is 0 Å². The third-order valence-corrected chi connectivity index (χ3v) is 3.89. The van der Waals surface area contributed by atoms with Crippen molar-refractivity contribution in [2.75, 3.05) is 6.54 Å². The number of carboxylic acids is 1. The topological polar surface area (TPSA) is 49.3 Å². The summed E-state index contributed by atoms with van der Waals surface area (Å²) in [5, 5.41) is 12.2. The molecule has 0 amide bonds. The molecule has 3 unspecified atom stereocenters. The number of rotatable bonds is 6. The molecule has 1 aliphatic rings. The van der Waals surface area contributed by atoms with Crippen LogP contribution in [-0.4, -0.2) is 23.7 Å². The van der Waals surface area contributed by atoms with Crippen LogP contribution in [-0.2, 0) is 4.79 Å². The van der Waals surface area contributed by atoms with E-state index in [0.29, 0.717) is 0 Å². The minimum absolute atomic E-state index is 0.151. The lowest BCUT2D eigenvalue weighted by molar-refractivity contribution is -0.140. The predicted molar refractivity (Wildman–Crippen MR) is 70.0 cm³/mol. The van der Waals surface area contributed by atoms with Gasteiger partial charge in [0, 0.05) is 0 Å². The summed E-state index contributed by atoms with van der Waals surface area (Å²) in [4.78, 5) is 11.0. The molecular formula is C14H27NO2. The maximum absolute atomic E-state index is 11.0. The Labute approximate surface area is 105 Å². The maximum Gasteiger partial charge on any atom is 0.320 e. The number of nitrogens with one attached hydrogen (secondary N) is 1. The van der Waals surface area contributed by atoms with Gasteiger partial charge in [0.25, 0.3) is 0 Å². The molecule has 1 fully saturated rings. The third kappa shape index (κ3) is 5.07. The zero-order chi connectivity index (χ0) is 12.8. The fourth-order valence-electron chi connectivity index (χ4n) is 2.87. The van der Waals surface area contributed by atoms with E-state index in [-0.39, 0.29) is 5.92 Å². The van der Waals surface area contributed by atoms with Gasteiger partial charge in [-0.2, -0.15) is 0 Å². The Morgan fingerprint density at radius 1 is 1.41 bits per heavy atom. The van der Waals surface area contributed by atoms with Crippen LogP contribution in [0.25, 0.3) is 0 Å². The van der Waals surface area contributed by atoms with E-state index in [0.717, 1.165) is 24.8 Å². The van der Waals surface area contributed by atoms with Gasteiger partial charge in [-0.25, -0.2) is 0 Å². The van der Waals surface area contributed by atoms with Crippen molar-refractivity contribution in [3.63, 3.8) is 0 Å². The van der Waals surface area contributed by atoms with Crippen molar-refractivity contribution >= 4 is 5.97 Å². The normalized spacial score (nSPS) is 27.1. The van der Waals surface area contributed by atoms with E-state index in [4.69, 9.17) is 5.11 Å². The molecule has 0 radical (unpaired) electrons. The highest BCUT2D eigenvalue weighted by molar-refractivity contribution is 5.73. The largest absolute Gasteiger partial charge is 0.480 e. The Kier molecular flexibility index (Phi) is 5.96. The van der Waals surface area contributed by atoms with Gasteiger partial charge in [-0.05, 0) is 37.1 Å². The molecule has 100 valence electrons. The van der Waals surface area contributed by atoms with Crippen molar-refractivity contribution in [3.05, 3.63) is 0 Å². The van der Waals surface area contributed by atoms with E-state index < -0.39 is 12.0 Å². The van der Waals surface area contributed by atoms with Crippen molar-refractivity contribution < 1.29 is 9.90 Å². The van der Waals surface area contributed by atoms with Crippen molar-refractivity contribution in [1.29, 1.82) is 0 Å². The Hall–Kier alpha value is -0.570. The Balaban J connectivity index is 2.23. The first-order valence-corrected chi connectivity index (χ1v) is 6.97.